The van der Waals surface area contributed by atoms with Crippen LogP contribution >= 0.6 is 0 Å². The summed E-state index contributed by atoms with van der Waals surface area (Å²) in [5.74, 6) is 0.409. The van der Waals surface area contributed by atoms with Crippen LogP contribution < -0.4 is 10.6 Å². The number of anilines is 1. The molecular formula is C14H18N2O3S. The van der Waals surface area contributed by atoms with Crippen molar-refractivity contribution in [3.63, 3.8) is 0 Å². The second kappa shape index (κ2) is 5.09. The molecule has 0 spiro atoms. The van der Waals surface area contributed by atoms with E-state index in [0.29, 0.717) is 18.0 Å². The molecule has 1 aliphatic heterocycles. The van der Waals surface area contributed by atoms with E-state index in [1.807, 2.05) is 12.1 Å². The summed E-state index contributed by atoms with van der Waals surface area (Å²) in [5.41, 5.74) is 1.50. The summed E-state index contributed by atoms with van der Waals surface area (Å²) < 4.78 is 22.8. The van der Waals surface area contributed by atoms with Gasteiger partial charge in [0.15, 0.2) is 9.84 Å². The van der Waals surface area contributed by atoms with E-state index in [1.165, 1.54) is 0 Å². The lowest BCUT2D eigenvalue weighted by Crippen LogP contribution is -2.25. The van der Waals surface area contributed by atoms with Crippen LogP contribution in [0.15, 0.2) is 24.3 Å². The summed E-state index contributed by atoms with van der Waals surface area (Å²) in [4.78, 5) is 11.8. The summed E-state index contributed by atoms with van der Waals surface area (Å²) in [6.45, 7) is 0. The maximum absolute atomic E-state index is 11.8. The molecule has 1 saturated heterocycles. The van der Waals surface area contributed by atoms with Crippen LogP contribution in [0.25, 0.3) is 0 Å². The highest BCUT2D eigenvalue weighted by molar-refractivity contribution is 7.91. The minimum atomic E-state index is -2.87. The molecule has 108 valence electrons. The van der Waals surface area contributed by atoms with Crippen LogP contribution in [0, 0.1) is 0 Å². The molecule has 1 aliphatic carbocycles. The van der Waals surface area contributed by atoms with Gasteiger partial charge in [-0.15, -0.1) is 0 Å². The summed E-state index contributed by atoms with van der Waals surface area (Å²) >= 11 is 0. The second-order valence-electron chi connectivity index (χ2n) is 5.57. The third-order valence-electron chi connectivity index (χ3n) is 3.66. The largest absolute Gasteiger partial charge is 0.381 e. The Morgan fingerprint density at radius 2 is 1.75 bits per heavy atom. The number of amides is 1. The number of nitrogens with one attached hydrogen (secondary N) is 2. The molecular weight excluding hydrogens is 276 g/mol. The molecule has 2 N–H and O–H groups in total. The minimum Gasteiger partial charge on any atom is -0.381 e. The van der Waals surface area contributed by atoms with Gasteiger partial charge in [0.2, 0.25) is 0 Å². The van der Waals surface area contributed by atoms with Gasteiger partial charge in [-0.3, -0.25) is 4.79 Å². The number of carbonyl (C=O) groups excluding carboxylic acids is 1. The Labute approximate surface area is 118 Å². The quantitative estimate of drug-likeness (QED) is 0.874. The molecule has 1 unspecified atom stereocenters. The highest BCUT2D eigenvalue weighted by Gasteiger charge is 2.27. The Hall–Kier alpha value is -1.56. The predicted octanol–water partition coefficient (Wildman–Crippen LogP) is 1.18. The lowest BCUT2D eigenvalue weighted by atomic mass is 10.1. The maximum Gasteiger partial charge on any atom is 0.251 e. The lowest BCUT2D eigenvalue weighted by molar-refractivity contribution is 0.0951. The average Bonchev–Trinajstić information content (AvgIpc) is 3.14. The molecule has 0 bridgehead atoms. The van der Waals surface area contributed by atoms with Crippen LogP contribution in [0.3, 0.4) is 0 Å². The van der Waals surface area contributed by atoms with Crippen molar-refractivity contribution in [3.8, 4) is 0 Å². The monoisotopic (exact) mass is 294 g/mol. The number of hydrogen-bond donors (Lipinski definition) is 2. The lowest BCUT2D eigenvalue weighted by Gasteiger charge is -2.12. The third kappa shape index (κ3) is 3.30. The standard InChI is InChI=1S/C14H18N2O3S/c17-14(16-12-5-6-12)10-1-3-11(4-2-10)15-13-7-8-20(18,19)9-13/h1-4,12-13,15H,5-9H2,(H,16,17). The zero-order chi connectivity index (χ0) is 14.2. The zero-order valence-corrected chi connectivity index (χ0v) is 11.9. The summed E-state index contributed by atoms with van der Waals surface area (Å²) in [6.07, 6.45) is 2.79. The van der Waals surface area contributed by atoms with Gasteiger partial charge in [-0.05, 0) is 43.5 Å². The van der Waals surface area contributed by atoms with Gasteiger partial charge in [0.25, 0.3) is 5.91 Å². The number of sulfone groups is 1. The van der Waals surface area contributed by atoms with Gasteiger partial charge in [-0.2, -0.15) is 0 Å². The van der Waals surface area contributed by atoms with Gasteiger partial charge < -0.3 is 10.6 Å². The smallest absolute Gasteiger partial charge is 0.251 e. The fourth-order valence-electron chi connectivity index (χ4n) is 2.36. The van der Waals surface area contributed by atoms with E-state index in [4.69, 9.17) is 0 Å². The van der Waals surface area contributed by atoms with Crippen LogP contribution in [0.4, 0.5) is 5.69 Å². The van der Waals surface area contributed by atoms with Crippen molar-refractivity contribution in [3.05, 3.63) is 29.8 Å². The molecule has 1 aromatic rings. The van der Waals surface area contributed by atoms with E-state index in [9.17, 15) is 13.2 Å². The highest BCUT2D eigenvalue weighted by Crippen LogP contribution is 2.20. The first-order chi connectivity index (χ1) is 9.52. The van der Waals surface area contributed by atoms with E-state index in [0.717, 1.165) is 18.5 Å². The molecule has 1 saturated carbocycles. The van der Waals surface area contributed by atoms with Crippen molar-refractivity contribution in [1.29, 1.82) is 0 Å². The van der Waals surface area contributed by atoms with Crippen molar-refractivity contribution < 1.29 is 13.2 Å². The fraction of sp³-hybridized carbons (Fsp3) is 0.500. The Morgan fingerprint density at radius 1 is 1.05 bits per heavy atom. The van der Waals surface area contributed by atoms with Crippen molar-refractivity contribution in [2.75, 3.05) is 16.8 Å². The van der Waals surface area contributed by atoms with Gasteiger partial charge in [0.1, 0.15) is 0 Å². The first-order valence-electron chi connectivity index (χ1n) is 6.90. The van der Waals surface area contributed by atoms with E-state index >= 15 is 0 Å². The molecule has 1 heterocycles. The molecule has 20 heavy (non-hydrogen) atoms. The van der Waals surface area contributed by atoms with Gasteiger partial charge in [-0.25, -0.2) is 8.42 Å². The Morgan fingerprint density at radius 3 is 2.30 bits per heavy atom. The van der Waals surface area contributed by atoms with Gasteiger partial charge in [-0.1, -0.05) is 0 Å². The highest BCUT2D eigenvalue weighted by atomic mass is 32.2. The summed E-state index contributed by atoms with van der Waals surface area (Å²) in [5, 5.41) is 6.14. The van der Waals surface area contributed by atoms with E-state index < -0.39 is 9.84 Å². The predicted molar refractivity (Wildman–Crippen MR) is 77.6 cm³/mol. The normalized spacial score (nSPS) is 24.3. The number of hydrogen-bond acceptors (Lipinski definition) is 4. The molecule has 1 amide bonds. The average molecular weight is 294 g/mol. The van der Waals surface area contributed by atoms with Crippen LogP contribution in [-0.2, 0) is 9.84 Å². The fourth-order valence-corrected chi connectivity index (χ4v) is 4.03. The van der Waals surface area contributed by atoms with Crippen LogP contribution in [0.2, 0.25) is 0 Å². The van der Waals surface area contributed by atoms with Crippen molar-refractivity contribution in [1.82, 2.24) is 5.32 Å². The Balaban J connectivity index is 1.59. The maximum atomic E-state index is 11.8. The molecule has 6 heteroatoms. The first-order valence-corrected chi connectivity index (χ1v) is 8.72. The number of rotatable bonds is 4. The van der Waals surface area contributed by atoms with E-state index in [1.54, 1.807) is 12.1 Å². The first kappa shape index (κ1) is 13.4. The van der Waals surface area contributed by atoms with Crippen molar-refractivity contribution in [2.24, 2.45) is 0 Å². The number of carbonyl (C=O) groups is 1. The second-order valence-corrected chi connectivity index (χ2v) is 7.80. The molecule has 3 rings (SSSR count). The number of benzene rings is 1. The van der Waals surface area contributed by atoms with Crippen molar-refractivity contribution >= 4 is 21.4 Å². The van der Waals surface area contributed by atoms with Crippen LogP contribution in [0.1, 0.15) is 29.6 Å². The Bertz CT molecular complexity index is 606. The molecule has 2 fully saturated rings. The molecule has 5 nitrogen and oxygen atoms in total. The molecule has 1 aromatic carbocycles. The van der Waals surface area contributed by atoms with Crippen LogP contribution in [-0.4, -0.2) is 37.9 Å². The third-order valence-corrected chi connectivity index (χ3v) is 5.43. The van der Waals surface area contributed by atoms with E-state index in [-0.39, 0.29) is 23.5 Å². The molecule has 0 aromatic heterocycles. The topological polar surface area (TPSA) is 75.3 Å². The SMILES string of the molecule is O=C(NC1CC1)c1ccc(NC2CCS(=O)(=O)C2)cc1. The molecule has 1 atom stereocenters. The van der Waals surface area contributed by atoms with E-state index in [2.05, 4.69) is 10.6 Å². The van der Waals surface area contributed by atoms with Gasteiger partial charge in [0.05, 0.1) is 11.5 Å². The molecule has 0 radical (unpaired) electrons. The zero-order valence-electron chi connectivity index (χ0n) is 11.1. The van der Waals surface area contributed by atoms with Crippen molar-refractivity contribution in [2.45, 2.75) is 31.3 Å². The van der Waals surface area contributed by atoms with Gasteiger partial charge in [0, 0.05) is 23.3 Å². The van der Waals surface area contributed by atoms with Crippen LogP contribution in [0.5, 0.6) is 0 Å². The minimum absolute atomic E-state index is 0.0221. The molecule has 2 aliphatic rings. The Kier molecular flexibility index (Phi) is 3.41. The summed E-state index contributed by atoms with van der Waals surface area (Å²) in [6, 6.07) is 7.52. The van der Waals surface area contributed by atoms with Gasteiger partial charge >= 0.3 is 0 Å². The summed E-state index contributed by atoms with van der Waals surface area (Å²) in [7, 11) is -2.87.